The maximum absolute atomic E-state index is 11.8. The second-order valence-electron chi connectivity index (χ2n) is 43.4. The van der Waals surface area contributed by atoms with Crippen LogP contribution in [0.1, 0.15) is 418 Å². The predicted molar refractivity (Wildman–Crippen MR) is 441 cm³/mol. The summed E-state index contributed by atoms with van der Waals surface area (Å²) in [6.07, 6.45) is 11.7. The highest BCUT2D eigenvalue weighted by Crippen LogP contribution is 2.74. The fourth-order valence-electron chi connectivity index (χ4n) is 33.0. The Morgan fingerprint density at radius 1 is 0.315 bits per heavy atom. The minimum absolute atomic E-state index is 0.00737. The highest BCUT2D eigenvalue weighted by molar-refractivity contribution is 5.76. The second-order valence-corrected chi connectivity index (χ2v) is 43.4. The number of hydrogen-bond donors (Lipinski definition) is 4. The molecular formula is C100H168O8. The molecule has 616 valence electrons. The van der Waals surface area contributed by atoms with Gasteiger partial charge < -0.3 is 39.6 Å². The van der Waals surface area contributed by atoms with Gasteiger partial charge >= 0.3 is 0 Å². The molecule has 16 aliphatic carbocycles. The lowest BCUT2D eigenvalue weighted by atomic mass is 9.44. The highest BCUT2D eigenvalue weighted by atomic mass is 16.3. The van der Waals surface area contributed by atoms with Crippen molar-refractivity contribution < 1.29 is 64.3 Å². The first-order chi connectivity index (χ1) is 57.6. The normalized spacial score (nSPS) is 56.6. The molecule has 0 unspecified atom stereocenters. The molecule has 0 spiro atoms. The summed E-state index contributed by atoms with van der Waals surface area (Å²) >= 11 is 0. The molecule has 0 radical (unpaired) electrons. The molecule has 0 aromatic heterocycles. The monoisotopic (exact) mass is 1520 g/mol. The lowest BCUT2D eigenvalue weighted by Crippen LogP contribution is -2.54. The molecule has 108 heavy (non-hydrogen) atoms. The Kier molecular flexibility index (Phi) is 19.5. The number of carbonyl (C=O) groups excluding carboxylic acids is 4. The maximum atomic E-state index is 11.8. The van der Waals surface area contributed by atoms with Crippen molar-refractivity contribution in [2.45, 2.75) is 417 Å². The first-order valence-electron chi connectivity index (χ1n) is 54.5. The van der Waals surface area contributed by atoms with Crippen LogP contribution in [0, 0.1) is 185 Å². The number of hydrogen-bond acceptors (Lipinski definition) is 8. The van der Waals surface area contributed by atoms with Gasteiger partial charge in [-0.3, -0.25) is 0 Å². The van der Waals surface area contributed by atoms with E-state index in [1.807, 2.05) is 6.92 Å². The molecule has 0 aromatic rings. The van der Waals surface area contributed by atoms with E-state index in [0.717, 1.165) is 114 Å². The molecule has 0 aromatic carbocycles. The van der Waals surface area contributed by atoms with E-state index in [-0.39, 0.29) is 106 Å². The van der Waals surface area contributed by atoms with Gasteiger partial charge in [-0.05, 0) is 470 Å². The van der Waals surface area contributed by atoms with Crippen LogP contribution in [0.2, 0.25) is 0 Å². The van der Waals surface area contributed by atoms with E-state index in [1.165, 1.54) is 105 Å². The average Bonchev–Trinajstić information content (AvgIpc) is 0.919. The highest BCUT2D eigenvalue weighted by Gasteiger charge is 2.66. The van der Waals surface area contributed by atoms with Crippen molar-refractivity contribution in [1.82, 2.24) is 0 Å². The largest absolute Gasteiger partial charge is 0.393 e. The molecule has 0 heterocycles. The van der Waals surface area contributed by atoms with E-state index in [9.17, 15) is 39.6 Å². The van der Waals surface area contributed by atoms with Crippen LogP contribution in [0.5, 0.6) is 0 Å². The molecule has 4 N–H and O–H groups in total. The number of Topliss-reactive ketones (excluding diaryl/α,β-unsaturated/α-hetero) is 4. The summed E-state index contributed by atoms with van der Waals surface area (Å²) in [7, 11) is 0. The zero-order chi connectivity index (χ0) is 93.8. The van der Waals surface area contributed by atoms with Crippen molar-refractivity contribution in [1.29, 1.82) is 0 Å². The lowest BCUT2D eigenvalue weighted by Gasteiger charge is -2.61. The van der Waals surface area contributed by atoms with Crippen molar-refractivity contribution in [3.8, 4) is 0 Å². The summed E-state index contributed by atoms with van der Waals surface area (Å²) in [4.78, 5) is 47.2. The van der Waals surface area contributed by atoms with E-state index in [0.29, 0.717) is 120 Å². The van der Waals surface area contributed by atoms with Crippen LogP contribution in [-0.4, -0.2) is 67.9 Å². The Balaban J connectivity index is 0.000000144. The molecule has 36 atom stereocenters. The van der Waals surface area contributed by atoms with E-state index < -0.39 is 97.6 Å². The Bertz CT molecular complexity index is 3970. The Morgan fingerprint density at radius 2 is 0.593 bits per heavy atom. The van der Waals surface area contributed by atoms with E-state index in [1.54, 1.807) is 0 Å². The fourth-order valence-corrected chi connectivity index (χ4v) is 33.0. The summed E-state index contributed by atoms with van der Waals surface area (Å²) in [5.74, 6) is 7.95. The SMILES string of the molecule is [2H]C([2H])(C[C@@H](C)[C@H]1CC[C@H]2[C@@H]3CC[C@H]4C([2H])([2H])[C@@H](O)C([2H])([2H])C[C@]4(C)[C@H]3CC[C@]12C)C(C)=O.[2H]C([2H])(C[C@@H](C)[C@H]1CC[C@H]2[C@@H]3CC[C@H]4C([2H])([2H])[C@@]([2H])(O)C([2H])([2H])C[C@]4(C)[C@H]3CC[C@]12C)C(C)=O.[2H]C([2H])(C[C@@H](C)[C@H]1CC[C@H]2[C@@H]3CC[C@H]4C[C@@H](O)CC[C@]4(C)[C@H]3CC[C@]12C)C(C)=O.[2H]C([2H])(C[C@@H](C)[C@H]1CC[C@H]2[C@@H]3CC[C@H]4C[C@@]([2H])(O)CC[C@]4(C)[C@H]3CC[C@]12C)C(C)=O. The molecule has 0 aliphatic heterocycles. The van der Waals surface area contributed by atoms with Crippen molar-refractivity contribution in [2.24, 2.45) is 185 Å². The molecule has 0 amide bonds. The minimum atomic E-state index is -2.76. The van der Waals surface area contributed by atoms with Crippen LogP contribution in [-0.2, 0) is 19.2 Å². The van der Waals surface area contributed by atoms with Crippen molar-refractivity contribution >= 4 is 23.1 Å². The van der Waals surface area contributed by atoms with Crippen LogP contribution in [0.25, 0.3) is 0 Å². The third-order valence-corrected chi connectivity index (χ3v) is 38.6. The molecule has 8 heteroatoms. The van der Waals surface area contributed by atoms with Crippen LogP contribution in [0.4, 0.5) is 0 Å². The topological polar surface area (TPSA) is 149 Å². The fraction of sp³-hybridized carbons (Fsp3) is 0.960. The van der Waals surface area contributed by atoms with Crippen molar-refractivity contribution in [2.75, 3.05) is 0 Å². The summed E-state index contributed by atoms with van der Waals surface area (Å²) in [6, 6.07) is 0. The van der Waals surface area contributed by atoms with Crippen LogP contribution in [0.15, 0.2) is 0 Å². The number of ketones is 4. The Hall–Kier alpha value is -1.48. The zero-order valence-corrected chi connectivity index (χ0v) is 70.9. The predicted octanol–water partition coefficient (Wildman–Crippen LogP) is 24.0. The van der Waals surface area contributed by atoms with Gasteiger partial charge in [0.15, 0.2) is 0 Å². The lowest BCUT2D eigenvalue weighted by molar-refractivity contribution is -0.129. The van der Waals surface area contributed by atoms with E-state index in [2.05, 4.69) is 76.2 Å². The quantitative estimate of drug-likeness (QED) is 0.119. The first kappa shape index (κ1) is 63.6. The first-order valence-corrected chi connectivity index (χ1v) is 45.5. The van der Waals surface area contributed by atoms with Crippen LogP contribution < -0.4 is 0 Å². The summed E-state index contributed by atoms with van der Waals surface area (Å²) in [6.45, 7) is 32.8. The minimum Gasteiger partial charge on any atom is -0.393 e. The number of aliphatic hydroxyl groups excluding tert-OH is 2. The summed E-state index contributed by atoms with van der Waals surface area (Å²) in [5, 5.41) is 41.8. The molecule has 8 nitrogen and oxygen atoms in total. The third kappa shape index (κ3) is 15.8. The van der Waals surface area contributed by atoms with Gasteiger partial charge in [0.05, 0.1) is 27.1 Å². The van der Waals surface area contributed by atoms with E-state index in [4.69, 9.17) is 24.7 Å². The van der Waals surface area contributed by atoms with Gasteiger partial charge in [0, 0.05) is 47.4 Å². The molecule has 16 saturated carbocycles. The second kappa shape index (κ2) is 33.1. The third-order valence-electron chi connectivity index (χ3n) is 38.6. The standard InChI is InChI=1S/4C25H42O2/c4*1-16(5-6-17(2)26)21-9-10-22-20-8-7-18-15-19(27)11-13-24(18,3)23(20)12-14-25(21,22)4/h4*16,18-23,27H,5-15H2,1-4H3/t4*16-,18+,19+,20+,21-,22+,23+,24+,25-/m1111/s1/i6D2,11D2,15D2,19D;6D2,11D2,15D2;6D2,19D;6D2. The average molecular weight is 1520 g/mol. The van der Waals surface area contributed by atoms with Gasteiger partial charge in [-0.1, -0.05) is 83.1 Å². The number of fused-ring (bicyclic) bond motifs is 20. The molecule has 0 saturated heterocycles. The summed E-state index contributed by atoms with van der Waals surface area (Å²) < 4.78 is 150. The van der Waals surface area contributed by atoms with Crippen LogP contribution in [0.3, 0.4) is 0 Å². The summed E-state index contributed by atoms with van der Waals surface area (Å²) in [5.41, 5.74) is 0.314. The van der Waals surface area contributed by atoms with Gasteiger partial charge in [-0.25, -0.2) is 0 Å². The molecule has 0 bridgehead atoms. The Labute approximate surface area is 687 Å². The number of carbonyl (C=O) groups is 4. The van der Waals surface area contributed by atoms with Gasteiger partial charge in [-0.15, -0.1) is 0 Å². The maximum Gasteiger partial charge on any atom is 0.129 e. The molecule has 16 fully saturated rings. The van der Waals surface area contributed by atoms with Gasteiger partial charge in [0.2, 0.25) is 0 Å². The van der Waals surface area contributed by atoms with Crippen molar-refractivity contribution in [3.05, 3.63) is 0 Å². The number of rotatable bonds is 16. The van der Waals surface area contributed by atoms with Gasteiger partial charge in [0.1, 0.15) is 23.1 Å². The van der Waals surface area contributed by atoms with E-state index >= 15 is 0 Å². The van der Waals surface area contributed by atoms with Crippen molar-refractivity contribution in [3.63, 3.8) is 0 Å². The Morgan fingerprint density at radius 3 is 0.935 bits per heavy atom. The van der Waals surface area contributed by atoms with Gasteiger partial charge in [-0.2, -0.15) is 0 Å². The van der Waals surface area contributed by atoms with Gasteiger partial charge in [0.25, 0.3) is 0 Å². The molecular weight excluding hydrogens is 1330 g/mol. The smallest absolute Gasteiger partial charge is 0.129 e. The molecule has 16 rings (SSSR count). The number of aliphatic hydroxyl groups is 4. The zero-order valence-electron chi connectivity index (χ0n) is 88.9. The molecule has 16 aliphatic rings. The van der Waals surface area contributed by atoms with Crippen LogP contribution >= 0.6 is 0 Å².